The van der Waals surface area contributed by atoms with Crippen LogP contribution in [0.15, 0.2) is 61.1 Å². The minimum atomic E-state index is 0.0383. The van der Waals surface area contributed by atoms with E-state index in [1.807, 2.05) is 54.8 Å². The summed E-state index contributed by atoms with van der Waals surface area (Å²) in [4.78, 5) is 13.4. The molecule has 0 spiro atoms. The number of hydrogen-bond acceptors (Lipinski definition) is 5. The highest BCUT2D eigenvalue weighted by atomic mass is 15.1. The number of nitrogens with zero attached hydrogens (tertiary/aromatic N) is 5. The number of aryl methyl sites for hydroxylation is 1. The number of benzene rings is 1. The molecule has 0 aliphatic carbocycles. The second-order valence-electron chi connectivity index (χ2n) is 6.37. The fourth-order valence-electron chi connectivity index (χ4n) is 3.07. The molecular weight excluding hydrogens is 336 g/mol. The highest BCUT2D eigenvalue weighted by Gasteiger charge is 2.16. The Kier molecular flexibility index (Phi) is 4.27. The van der Waals surface area contributed by atoms with E-state index in [1.165, 1.54) is 0 Å². The van der Waals surface area contributed by atoms with Crippen molar-refractivity contribution in [2.24, 2.45) is 0 Å². The highest BCUT2D eigenvalue weighted by Crippen LogP contribution is 2.25. The van der Waals surface area contributed by atoms with E-state index in [-0.39, 0.29) is 6.04 Å². The van der Waals surface area contributed by atoms with E-state index in [0.29, 0.717) is 17.2 Å². The highest BCUT2D eigenvalue weighted by molar-refractivity contribution is 5.68. The van der Waals surface area contributed by atoms with Crippen LogP contribution in [-0.2, 0) is 0 Å². The molecule has 1 atom stereocenters. The zero-order chi connectivity index (χ0) is 18.8. The molecule has 0 aliphatic heterocycles. The van der Waals surface area contributed by atoms with E-state index in [0.717, 1.165) is 22.5 Å². The summed E-state index contributed by atoms with van der Waals surface area (Å²) in [6, 6.07) is 16.3. The van der Waals surface area contributed by atoms with Crippen molar-refractivity contribution < 1.29 is 0 Å². The molecule has 0 saturated heterocycles. The lowest BCUT2D eigenvalue weighted by Crippen LogP contribution is -2.10. The first-order valence-electron chi connectivity index (χ1n) is 8.69. The Labute approximate surface area is 157 Å². The standard InChI is InChI=1S/C21H18N6/c1-14-7-6-10-27-18(13-23-20(14)27)19-17(11-22)12-24-21(26-19)25-15(2)16-8-4-3-5-9-16/h3-10,12-13,15H,1-2H3,(H,24,25,26)/t15-/m0/s1. The minimum absolute atomic E-state index is 0.0383. The van der Waals surface area contributed by atoms with Gasteiger partial charge in [0.1, 0.15) is 17.4 Å². The average Bonchev–Trinajstić information content (AvgIpc) is 3.14. The number of imidazole rings is 1. The van der Waals surface area contributed by atoms with E-state index in [1.54, 1.807) is 12.4 Å². The summed E-state index contributed by atoms with van der Waals surface area (Å²) in [6.45, 7) is 4.06. The molecule has 4 aromatic rings. The Morgan fingerprint density at radius 3 is 2.67 bits per heavy atom. The van der Waals surface area contributed by atoms with Crippen molar-refractivity contribution in [1.82, 2.24) is 19.4 Å². The topological polar surface area (TPSA) is 78.9 Å². The second-order valence-corrected chi connectivity index (χ2v) is 6.37. The molecule has 0 unspecified atom stereocenters. The summed E-state index contributed by atoms with van der Waals surface area (Å²) in [5.74, 6) is 0.475. The van der Waals surface area contributed by atoms with Crippen LogP contribution < -0.4 is 5.32 Å². The number of anilines is 1. The summed E-state index contributed by atoms with van der Waals surface area (Å²) in [5, 5.41) is 12.8. The number of hydrogen-bond donors (Lipinski definition) is 1. The number of nitriles is 1. The van der Waals surface area contributed by atoms with Crippen LogP contribution in [0.3, 0.4) is 0 Å². The predicted octanol–water partition coefficient (Wildman–Crippen LogP) is 4.14. The summed E-state index contributed by atoms with van der Waals surface area (Å²) >= 11 is 0. The predicted molar refractivity (Wildman–Crippen MR) is 104 cm³/mol. The molecule has 3 aromatic heterocycles. The van der Waals surface area contributed by atoms with Crippen LogP contribution >= 0.6 is 0 Å². The van der Waals surface area contributed by atoms with E-state index in [2.05, 4.69) is 38.5 Å². The maximum atomic E-state index is 9.51. The van der Waals surface area contributed by atoms with E-state index in [9.17, 15) is 5.26 Å². The van der Waals surface area contributed by atoms with Crippen LogP contribution in [0.2, 0.25) is 0 Å². The van der Waals surface area contributed by atoms with E-state index < -0.39 is 0 Å². The SMILES string of the molecule is Cc1cccn2c(-c3nc(N[C@@H](C)c4ccccc4)ncc3C#N)cnc12. The van der Waals surface area contributed by atoms with Crippen LogP contribution in [0, 0.1) is 18.3 Å². The first kappa shape index (κ1) is 16.7. The van der Waals surface area contributed by atoms with Gasteiger partial charge in [0.25, 0.3) is 0 Å². The van der Waals surface area contributed by atoms with Gasteiger partial charge in [-0.05, 0) is 31.0 Å². The monoisotopic (exact) mass is 354 g/mol. The Morgan fingerprint density at radius 1 is 1.07 bits per heavy atom. The molecular formula is C21H18N6. The first-order chi connectivity index (χ1) is 13.2. The van der Waals surface area contributed by atoms with Crippen molar-refractivity contribution in [2.45, 2.75) is 19.9 Å². The van der Waals surface area contributed by atoms with Gasteiger partial charge in [-0.15, -0.1) is 0 Å². The Hall–Kier alpha value is -3.72. The lowest BCUT2D eigenvalue weighted by molar-refractivity contribution is 0.860. The maximum absolute atomic E-state index is 9.51. The normalized spacial score (nSPS) is 11.9. The third-order valence-corrected chi connectivity index (χ3v) is 4.53. The summed E-state index contributed by atoms with van der Waals surface area (Å²) < 4.78 is 1.95. The number of aromatic nitrogens is 4. The van der Waals surface area contributed by atoms with Gasteiger partial charge in [0.15, 0.2) is 0 Å². The van der Waals surface area contributed by atoms with Gasteiger partial charge in [0.05, 0.1) is 29.7 Å². The number of pyridine rings is 1. The first-order valence-corrected chi connectivity index (χ1v) is 8.69. The fourth-order valence-corrected chi connectivity index (χ4v) is 3.07. The molecule has 3 heterocycles. The van der Waals surface area contributed by atoms with Crippen molar-refractivity contribution >= 4 is 11.6 Å². The quantitative estimate of drug-likeness (QED) is 0.596. The van der Waals surface area contributed by atoms with Crippen molar-refractivity contribution in [1.29, 1.82) is 5.26 Å². The fraction of sp³-hybridized carbons (Fsp3) is 0.143. The van der Waals surface area contributed by atoms with Gasteiger partial charge in [-0.3, -0.25) is 4.40 Å². The van der Waals surface area contributed by atoms with Crippen LogP contribution in [0.1, 0.15) is 29.7 Å². The molecule has 0 fully saturated rings. The molecule has 0 aliphatic rings. The Bertz CT molecular complexity index is 1140. The Balaban J connectivity index is 1.75. The van der Waals surface area contributed by atoms with Crippen molar-refractivity contribution in [2.75, 3.05) is 5.32 Å². The molecule has 0 amide bonds. The molecule has 1 aromatic carbocycles. The number of rotatable bonds is 4. The van der Waals surface area contributed by atoms with Gasteiger partial charge in [-0.25, -0.2) is 15.0 Å². The molecule has 0 bridgehead atoms. The van der Waals surface area contributed by atoms with Gasteiger partial charge in [-0.2, -0.15) is 5.26 Å². The Morgan fingerprint density at radius 2 is 1.89 bits per heavy atom. The maximum Gasteiger partial charge on any atom is 0.223 e. The van der Waals surface area contributed by atoms with Gasteiger partial charge >= 0.3 is 0 Å². The van der Waals surface area contributed by atoms with Crippen LogP contribution in [-0.4, -0.2) is 19.4 Å². The molecule has 27 heavy (non-hydrogen) atoms. The zero-order valence-electron chi connectivity index (χ0n) is 15.1. The van der Waals surface area contributed by atoms with Crippen molar-refractivity contribution in [3.05, 3.63) is 77.7 Å². The molecule has 0 radical (unpaired) electrons. The lowest BCUT2D eigenvalue weighted by Gasteiger charge is -2.15. The van der Waals surface area contributed by atoms with E-state index >= 15 is 0 Å². The third kappa shape index (κ3) is 3.11. The van der Waals surface area contributed by atoms with Crippen molar-refractivity contribution in [3.63, 3.8) is 0 Å². The number of fused-ring (bicyclic) bond motifs is 1. The van der Waals surface area contributed by atoms with Crippen LogP contribution in [0.4, 0.5) is 5.95 Å². The van der Waals surface area contributed by atoms with Crippen LogP contribution in [0.5, 0.6) is 0 Å². The van der Waals surface area contributed by atoms with Gasteiger partial charge < -0.3 is 5.32 Å². The minimum Gasteiger partial charge on any atom is -0.348 e. The van der Waals surface area contributed by atoms with Gasteiger partial charge in [0, 0.05) is 6.20 Å². The molecule has 0 saturated carbocycles. The second kappa shape index (κ2) is 6.89. The van der Waals surface area contributed by atoms with Gasteiger partial charge in [0.2, 0.25) is 5.95 Å². The lowest BCUT2D eigenvalue weighted by atomic mass is 10.1. The van der Waals surface area contributed by atoms with E-state index in [4.69, 9.17) is 0 Å². The molecule has 1 N–H and O–H groups in total. The molecule has 4 rings (SSSR count). The molecule has 6 heteroatoms. The number of nitrogens with one attached hydrogen (secondary N) is 1. The molecule has 6 nitrogen and oxygen atoms in total. The smallest absolute Gasteiger partial charge is 0.223 e. The summed E-state index contributed by atoms with van der Waals surface area (Å²) in [5.41, 5.74) is 4.79. The zero-order valence-corrected chi connectivity index (χ0v) is 15.1. The van der Waals surface area contributed by atoms with Crippen molar-refractivity contribution in [3.8, 4) is 17.5 Å². The van der Waals surface area contributed by atoms with Crippen LogP contribution in [0.25, 0.3) is 17.0 Å². The summed E-state index contributed by atoms with van der Waals surface area (Å²) in [7, 11) is 0. The third-order valence-electron chi connectivity index (χ3n) is 4.53. The average molecular weight is 354 g/mol. The largest absolute Gasteiger partial charge is 0.348 e. The summed E-state index contributed by atoms with van der Waals surface area (Å²) in [6.07, 6.45) is 5.22. The molecule has 132 valence electrons. The van der Waals surface area contributed by atoms with Gasteiger partial charge in [-0.1, -0.05) is 36.4 Å².